The van der Waals surface area contributed by atoms with Gasteiger partial charge in [0.1, 0.15) is 0 Å². The van der Waals surface area contributed by atoms with Crippen molar-refractivity contribution in [3.8, 4) is 0 Å². The fraction of sp³-hybridized carbons (Fsp3) is 0.647. The average Bonchev–Trinajstić information content (AvgIpc) is 2.86. The molecule has 1 aromatic rings. The summed E-state index contributed by atoms with van der Waals surface area (Å²) in [5, 5.41) is 0. The first-order valence-corrected chi connectivity index (χ1v) is 7.66. The van der Waals surface area contributed by atoms with E-state index in [9.17, 15) is 0 Å². The van der Waals surface area contributed by atoms with Crippen molar-refractivity contribution in [3.63, 3.8) is 0 Å². The molecule has 0 amide bonds. The molecule has 0 aliphatic heterocycles. The Morgan fingerprint density at radius 3 is 2.53 bits per heavy atom. The molecule has 104 valence electrons. The Morgan fingerprint density at radius 1 is 1.21 bits per heavy atom. The first kappa shape index (κ1) is 13.1. The minimum Gasteiger partial charge on any atom is -0.376 e. The molecule has 2 heteroatoms. The van der Waals surface area contributed by atoms with E-state index in [0.717, 1.165) is 18.8 Å². The Balaban J connectivity index is 1.84. The standard InChI is InChI=1S/C17H25NO/c1-19-17(10-2-3-11-17)16(18)15-9-5-8-14(12-15)13-6-4-7-13/h5,8-9,12-13,16H,2-4,6-7,10-11,18H2,1H3. The largest absolute Gasteiger partial charge is 0.376 e. The zero-order valence-corrected chi connectivity index (χ0v) is 11.9. The van der Waals surface area contributed by atoms with Crippen molar-refractivity contribution in [2.45, 2.75) is 62.5 Å². The smallest absolute Gasteiger partial charge is 0.0870 e. The van der Waals surface area contributed by atoms with Crippen molar-refractivity contribution in [1.29, 1.82) is 0 Å². The number of methoxy groups -OCH3 is 1. The van der Waals surface area contributed by atoms with E-state index >= 15 is 0 Å². The average molecular weight is 259 g/mol. The topological polar surface area (TPSA) is 35.2 Å². The van der Waals surface area contributed by atoms with Crippen LogP contribution in [0.25, 0.3) is 0 Å². The zero-order chi connectivity index (χ0) is 13.3. The van der Waals surface area contributed by atoms with Crippen LogP contribution in [-0.2, 0) is 4.74 Å². The second-order valence-electron chi connectivity index (χ2n) is 6.25. The van der Waals surface area contributed by atoms with Gasteiger partial charge in [0.2, 0.25) is 0 Å². The first-order chi connectivity index (χ1) is 9.25. The quantitative estimate of drug-likeness (QED) is 0.889. The van der Waals surface area contributed by atoms with Gasteiger partial charge in [0.25, 0.3) is 0 Å². The fourth-order valence-corrected chi connectivity index (χ4v) is 3.67. The number of nitrogens with two attached hydrogens (primary N) is 1. The van der Waals surface area contributed by atoms with Gasteiger partial charge in [-0.1, -0.05) is 43.5 Å². The summed E-state index contributed by atoms with van der Waals surface area (Å²) in [6, 6.07) is 8.94. The van der Waals surface area contributed by atoms with Crippen molar-refractivity contribution in [1.82, 2.24) is 0 Å². The summed E-state index contributed by atoms with van der Waals surface area (Å²) in [5.74, 6) is 0.772. The van der Waals surface area contributed by atoms with Crippen LogP contribution in [-0.4, -0.2) is 12.7 Å². The number of hydrogen-bond acceptors (Lipinski definition) is 2. The van der Waals surface area contributed by atoms with Crippen molar-refractivity contribution in [2.24, 2.45) is 5.73 Å². The van der Waals surface area contributed by atoms with Crippen LogP contribution in [0.5, 0.6) is 0 Å². The molecule has 2 nitrogen and oxygen atoms in total. The highest BCUT2D eigenvalue weighted by atomic mass is 16.5. The Kier molecular flexibility index (Phi) is 3.64. The van der Waals surface area contributed by atoms with Gasteiger partial charge in [-0.3, -0.25) is 0 Å². The monoisotopic (exact) mass is 259 g/mol. The van der Waals surface area contributed by atoms with E-state index in [1.54, 1.807) is 0 Å². The third-order valence-corrected chi connectivity index (χ3v) is 5.27. The van der Waals surface area contributed by atoms with Crippen molar-refractivity contribution < 1.29 is 4.74 Å². The molecule has 0 bridgehead atoms. The van der Waals surface area contributed by atoms with E-state index < -0.39 is 0 Å². The van der Waals surface area contributed by atoms with E-state index in [2.05, 4.69) is 24.3 Å². The van der Waals surface area contributed by atoms with Gasteiger partial charge in [0, 0.05) is 7.11 Å². The van der Waals surface area contributed by atoms with Crippen molar-refractivity contribution in [3.05, 3.63) is 35.4 Å². The highest BCUT2D eigenvalue weighted by Crippen LogP contribution is 2.42. The molecule has 0 spiro atoms. The van der Waals surface area contributed by atoms with E-state index in [1.807, 2.05) is 7.11 Å². The maximum atomic E-state index is 6.55. The highest BCUT2D eigenvalue weighted by molar-refractivity contribution is 5.31. The summed E-state index contributed by atoms with van der Waals surface area (Å²) in [7, 11) is 1.82. The van der Waals surface area contributed by atoms with Gasteiger partial charge < -0.3 is 10.5 Å². The van der Waals surface area contributed by atoms with Gasteiger partial charge in [0.15, 0.2) is 0 Å². The molecule has 0 radical (unpaired) electrons. The number of benzene rings is 1. The number of hydrogen-bond donors (Lipinski definition) is 1. The van der Waals surface area contributed by atoms with Crippen LogP contribution in [0.4, 0.5) is 0 Å². The van der Waals surface area contributed by atoms with E-state index in [-0.39, 0.29) is 11.6 Å². The summed E-state index contributed by atoms with van der Waals surface area (Å²) < 4.78 is 5.83. The molecular formula is C17H25NO. The maximum Gasteiger partial charge on any atom is 0.0870 e. The van der Waals surface area contributed by atoms with Gasteiger partial charge in [-0.05, 0) is 42.7 Å². The van der Waals surface area contributed by atoms with Crippen molar-refractivity contribution >= 4 is 0 Å². The number of rotatable bonds is 4. The predicted molar refractivity (Wildman–Crippen MR) is 78.2 cm³/mol. The minimum atomic E-state index is -0.127. The molecule has 1 atom stereocenters. The van der Waals surface area contributed by atoms with Crippen LogP contribution in [0.15, 0.2) is 24.3 Å². The van der Waals surface area contributed by atoms with Crippen LogP contribution in [0.1, 0.15) is 68.0 Å². The summed E-state index contributed by atoms with van der Waals surface area (Å²) in [6.45, 7) is 0. The lowest BCUT2D eigenvalue weighted by Gasteiger charge is -2.35. The molecular weight excluding hydrogens is 234 g/mol. The molecule has 2 aliphatic carbocycles. The highest BCUT2D eigenvalue weighted by Gasteiger charge is 2.40. The Bertz CT molecular complexity index is 433. The summed E-state index contributed by atoms with van der Waals surface area (Å²) >= 11 is 0. The number of ether oxygens (including phenoxy) is 1. The Morgan fingerprint density at radius 2 is 1.95 bits per heavy atom. The second kappa shape index (κ2) is 5.26. The molecule has 2 aliphatic rings. The molecule has 1 aromatic carbocycles. The lowest BCUT2D eigenvalue weighted by molar-refractivity contribution is -0.0264. The maximum absolute atomic E-state index is 6.55. The third kappa shape index (κ3) is 2.32. The van der Waals surface area contributed by atoms with Crippen LogP contribution in [0, 0.1) is 0 Å². The van der Waals surface area contributed by atoms with Crippen molar-refractivity contribution in [2.75, 3.05) is 7.11 Å². The van der Waals surface area contributed by atoms with Gasteiger partial charge in [-0.25, -0.2) is 0 Å². The third-order valence-electron chi connectivity index (χ3n) is 5.27. The molecule has 0 aromatic heterocycles. The van der Waals surface area contributed by atoms with Gasteiger partial charge in [-0.2, -0.15) is 0 Å². The summed E-state index contributed by atoms with van der Waals surface area (Å²) in [4.78, 5) is 0. The molecule has 19 heavy (non-hydrogen) atoms. The predicted octanol–water partition coefficient (Wildman–Crippen LogP) is 3.91. The van der Waals surface area contributed by atoms with Crippen LogP contribution < -0.4 is 5.73 Å². The van der Waals surface area contributed by atoms with Gasteiger partial charge in [-0.15, -0.1) is 0 Å². The normalized spacial score (nSPS) is 24.1. The summed E-state index contributed by atoms with van der Waals surface area (Å²) in [6.07, 6.45) is 8.73. The molecule has 3 rings (SSSR count). The Labute approximate surface area is 116 Å². The molecule has 2 saturated carbocycles. The van der Waals surface area contributed by atoms with Crippen LogP contribution in [0.2, 0.25) is 0 Å². The fourth-order valence-electron chi connectivity index (χ4n) is 3.67. The van der Waals surface area contributed by atoms with E-state index in [4.69, 9.17) is 10.5 Å². The minimum absolute atomic E-state index is 0.0139. The molecule has 0 saturated heterocycles. The van der Waals surface area contributed by atoms with Crippen LogP contribution in [0.3, 0.4) is 0 Å². The lowest BCUT2D eigenvalue weighted by atomic mass is 9.78. The molecule has 2 N–H and O–H groups in total. The zero-order valence-electron chi connectivity index (χ0n) is 11.9. The first-order valence-electron chi connectivity index (χ1n) is 7.66. The van der Waals surface area contributed by atoms with Crippen LogP contribution >= 0.6 is 0 Å². The van der Waals surface area contributed by atoms with E-state index in [1.165, 1.54) is 43.2 Å². The lowest BCUT2D eigenvalue weighted by Crippen LogP contribution is -2.40. The Hall–Kier alpha value is -0.860. The summed E-state index contributed by atoms with van der Waals surface area (Å²) in [5.41, 5.74) is 9.16. The molecule has 2 fully saturated rings. The van der Waals surface area contributed by atoms with Gasteiger partial charge in [0.05, 0.1) is 11.6 Å². The SMILES string of the molecule is COC1(C(N)c2cccc(C3CCC3)c2)CCCC1. The van der Waals surface area contributed by atoms with Gasteiger partial charge >= 0.3 is 0 Å². The second-order valence-corrected chi connectivity index (χ2v) is 6.25. The van der Waals surface area contributed by atoms with E-state index in [0.29, 0.717) is 0 Å². The molecule has 1 unspecified atom stereocenters. The molecule has 0 heterocycles.